The van der Waals surface area contributed by atoms with Gasteiger partial charge in [-0.15, -0.1) is 0 Å². The number of anilines is 1. The van der Waals surface area contributed by atoms with Crippen LogP contribution in [0.4, 0.5) is 5.69 Å². The average Bonchev–Trinajstić information content (AvgIpc) is 3.30. The van der Waals surface area contributed by atoms with Crippen molar-refractivity contribution < 1.29 is 4.52 Å². The molecule has 0 aliphatic carbocycles. The number of halogens is 1. The molecule has 1 unspecified atom stereocenters. The van der Waals surface area contributed by atoms with Crippen LogP contribution in [0, 0.1) is 6.92 Å². The van der Waals surface area contributed by atoms with Crippen LogP contribution in [0.5, 0.6) is 0 Å². The third-order valence-corrected chi connectivity index (χ3v) is 6.19. The van der Waals surface area contributed by atoms with E-state index in [-0.39, 0.29) is 6.04 Å². The van der Waals surface area contributed by atoms with Gasteiger partial charge in [-0.1, -0.05) is 70.9 Å². The molecule has 7 heteroatoms. The molecule has 4 aromatic rings. The molecule has 3 aromatic carbocycles. The van der Waals surface area contributed by atoms with Gasteiger partial charge in [0.2, 0.25) is 5.82 Å². The molecule has 1 aromatic heterocycles. The molecule has 1 aliphatic rings. The zero-order valence-corrected chi connectivity index (χ0v) is 19.7. The largest absolute Gasteiger partial charge is 0.351 e. The Morgan fingerprint density at radius 1 is 0.970 bits per heavy atom. The lowest BCUT2D eigenvalue weighted by molar-refractivity contribution is 0.404. The van der Waals surface area contributed by atoms with E-state index in [0.29, 0.717) is 21.9 Å². The summed E-state index contributed by atoms with van der Waals surface area (Å²) in [5, 5.41) is 9.01. The maximum atomic E-state index is 6.14. The number of rotatable bonds is 4. The molecule has 164 valence electrons. The predicted octanol–water partition coefficient (Wildman–Crippen LogP) is 6.57. The van der Waals surface area contributed by atoms with Gasteiger partial charge in [0.1, 0.15) is 0 Å². The zero-order valence-electron chi connectivity index (χ0n) is 18.1. The third-order valence-electron chi connectivity index (χ3n) is 5.64. The molecule has 33 heavy (non-hydrogen) atoms. The Hall–Kier alpha value is -3.48. The minimum Gasteiger partial charge on any atom is -0.351 e. The number of hydrogen-bond donors (Lipinski definition) is 1. The summed E-state index contributed by atoms with van der Waals surface area (Å²) in [6, 6.07) is 25.4. The first-order chi connectivity index (χ1) is 16.0. The van der Waals surface area contributed by atoms with E-state index in [1.807, 2.05) is 97.6 Å². The van der Waals surface area contributed by atoms with E-state index in [1.165, 1.54) is 0 Å². The molecule has 5 nitrogen and oxygen atoms in total. The number of hydrogen-bond acceptors (Lipinski definition) is 4. The first kappa shape index (κ1) is 21.4. The number of benzene rings is 3. The van der Waals surface area contributed by atoms with E-state index in [4.69, 9.17) is 33.3 Å². The highest BCUT2D eigenvalue weighted by molar-refractivity contribution is 7.80. The molecular weight excluding hydrogens is 452 g/mol. The minimum atomic E-state index is -0.263. The second-order valence-electron chi connectivity index (χ2n) is 7.90. The Labute approximate surface area is 202 Å². The van der Waals surface area contributed by atoms with E-state index in [1.54, 1.807) is 0 Å². The van der Waals surface area contributed by atoms with Gasteiger partial charge in [0, 0.05) is 22.0 Å². The van der Waals surface area contributed by atoms with E-state index < -0.39 is 0 Å². The summed E-state index contributed by atoms with van der Waals surface area (Å²) in [5.41, 5.74) is 5.78. The van der Waals surface area contributed by atoms with Crippen LogP contribution in [0.25, 0.3) is 17.0 Å². The van der Waals surface area contributed by atoms with Crippen LogP contribution in [0.2, 0.25) is 5.02 Å². The summed E-state index contributed by atoms with van der Waals surface area (Å²) in [6.07, 6.45) is 0. The monoisotopic (exact) mass is 472 g/mol. The molecule has 1 aliphatic heterocycles. The lowest BCUT2D eigenvalue weighted by atomic mass is 9.94. The first-order valence-electron chi connectivity index (χ1n) is 10.5. The van der Waals surface area contributed by atoms with Gasteiger partial charge in [-0.25, -0.2) is 0 Å². The second kappa shape index (κ2) is 8.81. The predicted molar refractivity (Wildman–Crippen MR) is 136 cm³/mol. The van der Waals surface area contributed by atoms with E-state index in [2.05, 4.69) is 10.5 Å². The summed E-state index contributed by atoms with van der Waals surface area (Å²) < 4.78 is 5.81. The number of nitrogens with one attached hydrogen (secondary N) is 1. The molecule has 5 rings (SSSR count). The van der Waals surface area contributed by atoms with Crippen molar-refractivity contribution >= 4 is 40.2 Å². The zero-order chi connectivity index (χ0) is 22.9. The van der Waals surface area contributed by atoms with Crippen molar-refractivity contribution in [2.45, 2.75) is 19.9 Å². The molecule has 1 N–H and O–H groups in total. The standard InChI is InChI=1S/C26H21ClN4OS/c1-16-7-6-8-19(15-16)24-29-25(32-30-24)22-17(2)31(21-9-4-3-5-10-21)26(33)28-23(22)18-11-13-20(27)14-12-18/h3-15,23H,1-2H3,(H,28,33). The topological polar surface area (TPSA) is 54.2 Å². The summed E-state index contributed by atoms with van der Waals surface area (Å²) in [5.74, 6) is 0.989. The van der Waals surface area contributed by atoms with Crippen molar-refractivity contribution in [3.8, 4) is 11.4 Å². The second-order valence-corrected chi connectivity index (χ2v) is 8.72. The van der Waals surface area contributed by atoms with E-state index in [0.717, 1.165) is 33.6 Å². The van der Waals surface area contributed by atoms with Crippen LogP contribution in [-0.2, 0) is 0 Å². The van der Waals surface area contributed by atoms with Crippen LogP contribution < -0.4 is 10.2 Å². The van der Waals surface area contributed by atoms with Gasteiger partial charge in [0.25, 0.3) is 5.89 Å². The van der Waals surface area contributed by atoms with Crippen molar-refractivity contribution in [1.82, 2.24) is 15.5 Å². The molecule has 0 fully saturated rings. The molecule has 0 radical (unpaired) electrons. The molecular formula is C26H21ClN4OS. The van der Waals surface area contributed by atoms with Gasteiger partial charge in [-0.05, 0) is 62.0 Å². The van der Waals surface area contributed by atoms with Crippen LogP contribution in [-0.4, -0.2) is 15.3 Å². The average molecular weight is 473 g/mol. The number of aryl methyl sites for hydroxylation is 1. The van der Waals surface area contributed by atoms with Gasteiger partial charge in [0.05, 0.1) is 11.6 Å². The van der Waals surface area contributed by atoms with E-state index >= 15 is 0 Å². The molecule has 0 spiro atoms. The number of aromatic nitrogens is 2. The van der Waals surface area contributed by atoms with Crippen molar-refractivity contribution in [3.63, 3.8) is 0 Å². The number of nitrogens with zero attached hydrogens (tertiary/aromatic N) is 3. The highest BCUT2D eigenvalue weighted by Crippen LogP contribution is 2.39. The molecule has 0 saturated heterocycles. The number of thiocarbonyl (C=S) groups is 1. The summed E-state index contributed by atoms with van der Waals surface area (Å²) in [4.78, 5) is 6.76. The van der Waals surface area contributed by atoms with Crippen molar-refractivity contribution in [2.75, 3.05) is 4.90 Å². The Morgan fingerprint density at radius 2 is 1.73 bits per heavy atom. The highest BCUT2D eigenvalue weighted by atomic mass is 35.5. The molecule has 1 atom stereocenters. The Kier molecular flexibility index (Phi) is 5.70. The maximum absolute atomic E-state index is 6.14. The van der Waals surface area contributed by atoms with Gasteiger partial charge < -0.3 is 9.84 Å². The van der Waals surface area contributed by atoms with Gasteiger partial charge in [-0.2, -0.15) is 4.98 Å². The number of para-hydroxylation sites is 1. The Balaban J connectivity index is 1.65. The fourth-order valence-corrected chi connectivity index (χ4v) is 4.53. The quantitative estimate of drug-likeness (QED) is 0.339. The highest BCUT2D eigenvalue weighted by Gasteiger charge is 2.34. The smallest absolute Gasteiger partial charge is 0.258 e. The fraction of sp³-hybridized carbons (Fsp3) is 0.115. The summed E-state index contributed by atoms with van der Waals surface area (Å²) in [6.45, 7) is 4.06. The fourth-order valence-electron chi connectivity index (χ4n) is 4.05. The van der Waals surface area contributed by atoms with Gasteiger partial charge >= 0.3 is 0 Å². The molecule has 2 heterocycles. The van der Waals surface area contributed by atoms with Gasteiger partial charge in [0.15, 0.2) is 5.11 Å². The third kappa shape index (κ3) is 4.15. The lowest BCUT2D eigenvalue weighted by Crippen LogP contribution is -2.46. The van der Waals surface area contributed by atoms with Gasteiger partial charge in [-0.3, -0.25) is 4.90 Å². The van der Waals surface area contributed by atoms with Crippen LogP contribution in [0.1, 0.15) is 30.0 Å². The molecule has 0 bridgehead atoms. The summed E-state index contributed by atoms with van der Waals surface area (Å²) in [7, 11) is 0. The van der Waals surface area contributed by atoms with Crippen molar-refractivity contribution in [1.29, 1.82) is 0 Å². The van der Waals surface area contributed by atoms with E-state index in [9.17, 15) is 0 Å². The lowest BCUT2D eigenvalue weighted by Gasteiger charge is -2.37. The molecule has 0 amide bonds. The van der Waals surface area contributed by atoms with Crippen molar-refractivity contribution in [3.05, 3.63) is 107 Å². The number of allylic oxidation sites excluding steroid dienone is 1. The van der Waals surface area contributed by atoms with Crippen molar-refractivity contribution in [2.24, 2.45) is 0 Å². The maximum Gasteiger partial charge on any atom is 0.258 e. The normalized spacial score (nSPS) is 16.2. The first-order valence-corrected chi connectivity index (χ1v) is 11.3. The van der Waals surface area contributed by atoms with Crippen LogP contribution >= 0.6 is 23.8 Å². The minimum absolute atomic E-state index is 0.263. The summed E-state index contributed by atoms with van der Waals surface area (Å²) >= 11 is 11.9. The van der Waals surface area contributed by atoms with Crippen LogP contribution in [0.15, 0.2) is 89.1 Å². The SMILES string of the molecule is CC1=C(c2nc(-c3cccc(C)c3)no2)C(c2ccc(Cl)cc2)NC(=S)N1c1ccccc1. The Morgan fingerprint density at radius 3 is 2.45 bits per heavy atom. The Bertz CT molecular complexity index is 1350. The molecule has 0 saturated carbocycles. The van der Waals surface area contributed by atoms with Crippen LogP contribution in [0.3, 0.4) is 0 Å².